The van der Waals surface area contributed by atoms with E-state index < -0.39 is 12.7 Å². The summed E-state index contributed by atoms with van der Waals surface area (Å²) in [4.78, 5) is 13.4. The number of anilines is 2. The number of aromatic nitrogens is 3. The van der Waals surface area contributed by atoms with Gasteiger partial charge in [-0.1, -0.05) is 32.4 Å². The third kappa shape index (κ3) is 6.52. The van der Waals surface area contributed by atoms with Crippen LogP contribution in [-0.2, 0) is 0 Å². The molecule has 3 aromatic rings. The molecule has 0 aliphatic heterocycles. The Morgan fingerprint density at radius 3 is 2.53 bits per heavy atom. The number of alkyl halides is 3. The van der Waals surface area contributed by atoms with E-state index in [0.29, 0.717) is 24.0 Å². The summed E-state index contributed by atoms with van der Waals surface area (Å²) in [7, 11) is 0. The van der Waals surface area contributed by atoms with Gasteiger partial charge < -0.3 is 16.0 Å². The van der Waals surface area contributed by atoms with Gasteiger partial charge in [-0.2, -0.15) is 18.2 Å². The highest BCUT2D eigenvalue weighted by Gasteiger charge is 2.27. The number of nitrogens with zero attached hydrogens (tertiary/aromatic N) is 3. The van der Waals surface area contributed by atoms with E-state index in [1.165, 1.54) is 11.3 Å². The van der Waals surface area contributed by atoms with Gasteiger partial charge >= 0.3 is 6.18 Å². The molecule has 0 aliphatic carbocycles. The van der Waals surface area contributed by atoms with Gasteiger partial charge in [-0.25, -0.2) is 9.97 Å². The molecule has 0 spiro atoms. The highest BCUT2D eigenvalue weighted by Crippen LogP contribution is 2.36. The Labute approximate surface area is 190 Å². The van der Waals surface area contributed by atoms with Crippen molar-refractivity contribution in [1.29, 1.82) is 0 Å². The number of nitrogens with one attached hydrogen (secondary N) is 3. The molecule has 3 N–H and O–H groups in total. The highest BCUT2D eigenvalue weighted by atomic mass is 32.1. The second kappa shape index (κ2) is 10.9. The lowest BCUT2D eigenvalue weighted by Gasteiger charge is -2.18. The van der Waals surface area contributed by atoms with Crippen LogP contribution in [0.5, 0.6) is 0 Å². The lowest BCUT2D eigenvalue weighted by molar-refractivity contribution is -0.115. The molecule has 2 aromatic heterocycles. The fourth-order valence-electron chi connectivity index (χ4n) is 3.39. The van der Waals surface area contributed by atoms with Gasteiger partial charge in [0.25, 0.3) is 0 Å². The van der Waals surface area contributed by atoms with Crippen molar-refractivity contribution in [3.8, 4) is 10.6 Å². The van der Waals surface area contributed by atoms with Gasteiger partial charge in [-0.05, 0) is 44.5 Å². The summed E-state index contributed by atoms with van der Waals surface area (Å²) in [5.74, 6) is 0.950. The molecule has 0 aliphatic rings. The van der Waals surface area contributed by atoms with E-state index >= 15 is 0 Å². The maximum atomic E-state index is 12.7. The number of thiazole rings is 1. The van der Waals surface area contributed by atoms with Crippen LogP contribution in [0.25, 0.3) is 20.8 Å². The summed E-state index contributed by atoms with van der Waals surface area (Å²) < 4.78 is 39.1. The Balaban J connectivity index is 1.88. The van der Waals surface area contributed by atoms with Crippen molar-refractivity contribution >= 4 is 33.3 Å². The van der Waals surface area contributed by atoms with E-state index in [1.54, 1.807) is 6.92 Å². The van der Waals surface area contributed by atoms with Gasteiger partial charge in [-0.3, -0.25) is 0 Å². The first-order valence-electron chi connectivity index (χ1n) is 10.8. The third-order valence-electron chi connectivity index (χ3n) is 5.15. The number of para-hydroxylation sites is 1. The van der Waals surface area contributed by atoms with Crippen LogP contribution in [0.2, 0.25) is 0 Å². The summed E-state index contributed by atoms with van der Waals surface area (Å²) in [6.45, 7) is 7.32. The molecule has 3 rings (SSSR count). The molecule has 32 heavy (non-hydrogen) atoms. The second-order valence-corrected chi connectivity index (χ2v) is 8.64. The highest BCUT2D eigenvalue weighted by molar-refractivity contribution is 7.21. The predicted molar refractivity (Wildman–Crippen MR) is 125 cm³/mol. The smallest absolute Gasteiger partial charge is 0.369 e. The monoisotopic (exact) mass is 466 g/mol. The molecule has 10 heteroatoms. The maximum absolute atomic E-state index is 12.7. The Hall–Kier alpha value is -2.46. The lowest BCUT2D eigenvalue weighted by Crippen LogP contribution is -2.24. The van der Waals surface area contributed by atoms with Gasteiger partial charge in [0.05, 0.1) is 21.5 Å². The fourth-order valence-corrected chi connectivity index (χ4v) is 4.45. The standard InChI is InChI=1S/C22H29F3N6S/c1-4-15(12-26-5-2)10-11-27-19-18(20-30-16-8-6-7-9-17(16)32-20)14(3)29-21(31-19)28-13-22(23,24)25/h6-9,15,26H,4-5,10-13H2,1-3H3,(H2,27,28,29,31). The van der Waals surface area contributed by atoms with E-state index in [2.05, 4.69) is 39.8 Å². The summed E-state index contributed by atoms with van der Waals surface area (Å²) in [5.41, 5.74) is 2.17. The number of hydrogen-bond acceptors (Lipinski definition) is 7. The molecule has 1 aromatic carbocycles. The Morgan fingerprint density at radius 2 is 1.84 bits per heavy atom. The Morgan fingerprint density at radius 1 is 1.06 bits per heavy atom. The minimum absolute atomic E-state index is 0.0492. The van der Waals surface area contributed by atoms with Crippen LogP contribution in [-0.4, -0.2) is 47.3 Å². The topological polar surface area (TPSA) is 74.8 Å². The van der Waals surface area contributed by atoms with Crippen molar-refractivity contribution in [3.05, 3.63) is 30.0 Å². The molecule has 1 unspecified atom stereocenters. The number of aryl methyl sites for hydroxylation is 1. The first-order valence-corrected chi connectivity index (χ1v) is 11.6. The van der Waals surface area contributed by atoms with E-state index in [9.17, 15) is 13.2 Å². The summed E-state index contributed by atoms with van der Waals surface area (Å²) in [6.07, 6.45) is -2.39. The molecule has 6 nitrogen and oxygen atoms in total. The quantitative estimate of drug-likeness (QED) is 0.348. The number of halogens is 3. The van der Waals surface area contributed by atoms with Crippen molar-refractivity contribution in [3.63, 3.8) is 0 Å². The van der Waals surface area contributed by atoms with Crippen LogP contribution in [0, 0.1) is 12.8 Å². The number of benzene rings is 1. The summed E-state index contributed by atoms with van der Waals surface area (Å²) >= 11 is 1.52. The molecule has 0 fully saturated rings. The number of hydrogen-bond donors (Lipinski definition) is 3. The van der Waals surface area contributed by atoms with Crippen molar-refractivity contribution in [2.75, 3.05) is 36.8 Å². The molecule has 0 bridgehead atoms. The maximum Gasteiger partial charge on any atom is 0.405 e. The third-order valence-corrected chi connectivity index (χ3v) is 6.20. The predicted octanol–water partition coefficient (Wildman–Crippen LogP) is 5.47. The molecule has 0 radical (unpaired) electrons. The van der Waals surface area contributed by atoms with Crippen molar-refractivity contribution in [1.82, 2.24) is 20.3 Å². The molecule has 0 amide bonds. The van der Waals surface area contributed by atoms with Crippen molar-refractivity contribution in [2.45, 2.75) is 39.8 Å². The molecular formula is C22H29F3N6S. The normalized spacial score (nSPS) is 12.8. The number of fused-ring (bicyclic) bond motifs is 1. The molecule has 174 valence electrons. The Kier molecular flexibility index (Phi) is 8.25. The summed E-state index contributed by atoms with van der Waals surface area (Å²) in [5, 5.41) is 9.75. The molecule has 2 heterocycles. The first kappa shape index (κ1) is 24.2. The minimum Gasteiger partial charge on any atom is -0.369 e. The van der Waals surface area contributed by atoms with Gasteiger partial charge in [0.2, 0.25) is 5.95 Å². The lowest BCUT2D eigenvalue weighted by atomic mass is 10.0. The van der Waals surface area contributed by atoms with E-state index in [4.69, 9.17) is 4.98 Å². The number of rotatable bonds is 11. The zero-order valence-electron chi connectivity index (χ0n) is 18.5. The van der Waals surface area contributed by atoms with Gasteiger partial charge in [0.1, 0.15) is 17.4 Å². The largest absolute Gasteiger partial charge is 0.405 e. The SMILES string of the molecule is CCNCC(CC)CCNc1nc(NCC(F)(F)F)nc(C)c1-c1nc2ccccc2s1. The van der Waals surface area contributed by atoms with E-state index in [1.807, 2.05) is 24.3 Å². The van der Waals surface area contributed by atoms with Crippen LogP contribution >= 0.6 is 11.3 Å². The van der Waals surface area contributed by atoms with Crippen LogP contribution in [0.15, 0.2) is 24.3 Å². The fraction of sp³-hybridized carbons (Fsp3) is 0.500. The average molecular weight is 467 g/mol. The van der Waals surface area contributed by atoms with Gasteiger partial charge in [-0.15, -0.1) is 11.3 Å². The van der Waals surface area contributed by atoms with Crippen LogP contribution in [0.3, 0.4) is 0 Å². The van der Waals surface area contributed by atoms with E-state index in [-0.39, 0.29) is 5.95 Å². The van der Waals surface area contributed by atoms with Crippen LogP contribution in [0.4, 0.5) is 24.9 Å². The average Bonchev–Trinajstić information content (AvgIpc) is 3.17. The van der Waals surface area contributed by atoms with Crippen molar-refractivity contribution in [2.24, 2.45) is 5.92 Å². The summed E-state index contributed by atoms with van der Waals surface area (Å²) in [6, 6.07) is 7.80. The van der Waals surface area contributed by atoms with Gasteiger partial charge in [0, 0.05) is 6.54 Å². The second-order valence-electron chi connectivity index (χ2n) is 7.61. The minimum atomic E-state index is -4.35. The van der Waals surface area contributed by atoms with Crippen LogP contribution < -0.4 is 16.0 Å². The zero-order chi connectivity index (χ0) is 23.1. The molecule has 1 atom stereocenters. The zero-order valence-corrected chi connectivity index (χ0v) is 19.3. The van der Waals surface area contributed by atoms with Gasteiger partial charge in [0.15, 0.2) is 0 Å². The molecule has 0 saturated heterocycles. The first-order chi connectivity index (χ1) is 15.3. The van der Waals surface area contributed by atoms with E-state index in [0.717, 1.165) is 46.7 Å². The Bertz CT molecular complexity index is 988. The molecule has 0 saturated carbocycles. The van der Waals surface area contributed by atoms with Crippen molar-refractivity contribution < 1.29 is 13.2 Å². The van der Waals surface area contributed by atoms with Crippen LogP contribution in [0.1, 0.15) is 32.4 Å². The molecular weight excluding hydrogens is 437 g/mol.